The smallest absolute Gasteiger partial charge is 0.330 e. The Morgan fingerprint density at radius 1 is 0.846 bits per heavy atom. The molecule has 0 saturated carbocycles. The number of hydrogen-bond donors (Lipinski definition) is 15. The van der Waals surface area contributed by atoms with Crippen LogP contribution in [0.15, 0.2) is 21.9 Å². The van der Waals surface area contributed by atoms with Crippen LogP contribution in [0.1, 0.15) is 118 Å². The topological polar surface area (TPSA) is 424 Å². The number of aromatic nitrogens is 2. The van der Waals surface area contributed by atoms with Gasteiger partial charge in [0, 0.05) is 45.6 Å². The van der Waals surface area contributed by atoms with E-state index in [-0.39, 0.29) is 51.5 Å². The molecule has 15 atom stereocenters. The van der Waals surface area contributed by atoms with Crippen LogP contribution in [0.25, 0.3) is 0 Å². The van der Waals surface area contributed by atoms with E-state index in [1.165, 1.54) is 20.0 Å². The first kappa shape index (κ1) is 65.2. The van der Waals surface area contributed by atoms with Crippen LogP contribution in [-0.4, -0.2) is 206 Å². The summed E-state index contributed by atoms with van der Waals surface area (Å²) < 4.78 is 24.8. The standard InChI is InChI=1S/C50H87N11O17/c1-7-8-9-10-11-12-13-14-15-16-22-60(34(46(71)72)39(78-47-41(75-6)36(64)29(25-51)76-47)40-37(65)38(66)44(77-40)61-24-19-30(62)56-50(61)74)23-17-20-53-42(67)33(35(63)27(4)5)57-43(68)32(28-18-21-54-48(52)55-28)59-49(73)58-31(26(2)3)45(69)70/h19,24,26-29,31-41,44,47,63-66H,7-18,20-23,25,51H2,1-6H3,(H,53,67)(H,57,68)(H,69,70)(H,71,72)(H3,52,54,55)(H,56,62,74)(H2,58,59,73)/t28?,29-,31?,32?,33?,34?,35?,36+,37-,38-,39?,40+,41+,44-,47?/m1/s1. The minimum Gasteiger partial charge on any atom is -0.480 e. The largest absolute Gasteiger partial charge is 0.480 e. The Bertz CT molecular complexity index is 2200. The number of hydrogen-bond acceptors (Lipinski definition) is 18. The van der Waals surface area contributed by atoms with E-state index in [1.807, 2.05) is 0 Å². The van der Waals surface area contributed by atoms with Gasteiger partial charge in [0.05, 0.1) is 12.1 Å². The van der Waals surface area contributed by atoms with Gasteiger partial charge in [0.1, 0.15) is 66.9 Å². The molecule has 8 unspecified atom stereocenters. The Morgan fingerprint density at radius 3 is 2.05 bits per heavy atom. The fourth-order valence-electron chi connectivity index (χ4n) is 9.89. The van der Waals surface area contributed by atoms with E-state index in [2.05, 4.69) is 43.8 Å². The highest BCUT2D eigenvalue weighted by Gasteiger charge is 2.55. The average Bonchev–Trinajstić information content (AvgIpc) is 3.88. The van der Waals surface area contributed by atoms with Crippen molar-refractivity contribution >= 4 is 35.7 Å². The summed E-state index contributed by atoms with van der Waals surface area (Å²) >= 11 is 0. The van der Waals surface area contributed by atoms with Crippen LogP contribution < -0.4 is 48.9 Å². The van der Waals surface area contributed by atoms with Crippen LogP contribution in [0.3, 0.4) is 0 Å². The molecule has 28 nitrogen and oxygen atoms in total. The minimum atomic E-state index is -1.92. The second-order valence-corrected chi connectivity index (χ2v) is 20.9. The van der Waals surface area contributed by atoms with E-state index in [1.54, 1.807) is 32.6 Å². The van der Waals surface area contributed by atoms with E-state index in [9.17, 15) is 64.2 Å². The number of nitrogens with one attached hydrogen (secondary N) is 8. The molecule has 28 heteroatoms. The maximum atomic E-state index is 14.2. The molecule has 0 bridgehead atoms. The Morgan fingerprint density at radius 2 is 1.49 bits per heavy atom. The third-order valence-corrected chi connectivity index (χ3v) is 14.4. The molecule has 1 aromatic rings. The molecule has 0 spiro atoms. The lowest BCUT2D eigenvalue weighted by molar-refractivity contribution is -0.238. The number of carboxylic acids is 2. The Kier molecular flexibility index (Phi) is 26.8. The first-order valence-electron chi connectivity index (χ1n) is 27.2. The first-order valence-corrected chi connectivity index (χ1v) is 27.2. The van der Waals surface area contributed by atoms with E-state index < -0.39 is 144 Å². The predicted octanol–water partition coefficient (Wildman–Crippen LogP) is -2.05. The van der Waals surface area contributed by atoms with Crippen molar-refractivity contribution in [1.29, 1.82) is 5.41 Å². The zero-order valence-electron chi connectivity index (χ0n) is 45.6. The zero-order valence-corrected chi connectivity index (χ0v) is 45.6. The molecule has 3 fully saturated rings. The highest BCUT2D eigenvalue weighted by molar-refractivity contribution is 5.94. The van der Waals surface area contributed by atoms with Crippen LogP contribution >= 0.6 is 0 Å². The Balaban J connectivity index is 1.63. The minimum absolute atomic E-state index is 0.0329. The van der Waals surface area contributed by atoms with E-state index >= 15 is 0 Å². The van der Waals surface area contributed by atoms with Crippen molar-refractivity contribution in [3.8, 4) is 0 Å². The summed E-state index contributed by atoms with van der Waals surface area (Å²) in [6.45, 7) is 8.44. The van der Waals surface area contributed by atoms with Crippen molar-refractivity contribution in [1.82, 2.24) is 46.4 Å². The number of aromatic amines is 1. The van der Waals surface area contributed by atoms with Gasteiger partial charge in [0.15, 0.2) is 18.5 Å². The summed E-state index contributed by atoms with van der Waals surface area (Å²) in [6, 6.07) is -7.09. The van der Waals surface area contributed by atoms with Crippen molar-refractivity contribution in [2.24, 2.45) is 17.6 Å². The number of amides is 4. The van der Waals surface area contributed by atoms with E-state index in [0.29, 0.717) is 12.8 Å². The van der Waals surface area contributed by atoms with Gasteiger partial charge in [-0.25, -0.2) is 14.4 Å². The number of nitrogens with zero attached hydrogens (tertiary/aromatic N) is 2. The van der Waals surface area contributed by atoms with Gasteiger partial charge in [-0.3, -0.25) is 39.0 Å². The van der Waals surface area contributed by atoms with Gasteiger partial charge in [-0.15, -0.1) is 0 Å². The SMILES string of the molecule is CCCCCCCCCCCCN(CCCNC(=O)C(NC(=O)C(NC(=O)NC(C(=O)O)C(C)C)C1CCNC(=N)N1)C(O)C(C)C)C(C(=O)O)C(OC1O[C@H](CN)[C@H](O)[C@@H]1OC)[C@H]1O[C@@H](n2ccc(=O)[nH]c2=O)[C@H](O)[C@H]1O. The lowest BCUT2D eigenvalue weighted by atomic mass is 9.96. The molecule has 78 heavy (non-hydrogen) atoms. The lowest BCUT2D eigenvalue weighted by Crippen LogP contribution is -2.67. The second kappa shape index (κ2) is 32.1. The van der Waals surface area contributed by atoms with Gasteiger partial charge < -0.3 is 87.2 Å². The molecule has 16 N–H and O–H groups in total. The number of aliphatic carboxylic acids is 2. The predicted molar refractivity (Wildman–Crippen MR) is 281 cm³/mol. The summed E-state index contributed by atoms with van der Waals surface area (Å²) in [5, 5.41) is 90.1. The van der Waals surface area contributed by atoms with Crippen LogP contribution in [0, 0.1) is 17.2 Å². The molecule has 444 valence electrons. The number of ether oxygens (including phenoxy) is 4. The van der Waals surface area contributed by atoms with Gasteiger partial charge in [0.25, 0.3) is 5.56 Å². The molecule has 4 amide bonds. The third-order valence-electron chi connectivity index (χ3n) is 14.4. The van der Waals surface area contributed by atoms with E-state index in [4.69, 9.17) is 30.1 Å². The molecular formula is C50H87N11O17. The summed E-state index contributed by atoms with van der Waals surface area (Å²) in [5.41, 5.74) is 4.13. The molecule has 4 heterocycles. The van der Waals surface area contributed by atoms with Crippen LogP contribution in [0.4, 0.5) is 4.79 Å². The average molecular weight is 1110 g/mol. The number of rotatable bonds is 34. The Hall–Kier alpha value is -5.30. The van der Waals surface area contributed by atoms with Gasteiger partial charge in [-0.05, 0) is 37.6 Å². The van der Waals surface area contributed by atoms with Gasteiger partial charge in [-0.1, -0.05) is 92.4 Å². The molecule has 0 aliphatic carbocycles. The maximum absolute atomic E-state index is 14.2. The van der Waals surface area contributed by atoms with Crippen molar-refractivity contribution in [3.05, 3.63) is 33.1 Å². The molecule has 4 rings (SSSR count). The number of H-pyrrole nitrogens is 1. The second-order valence-electron chi connectivity index (χ2n) is 20.9. The number of methoxy groups -OCH3 is 1. The maximum Gasteiger partial charge on any atom is 0.330 e. The molecule has 0 aromatic carbocycles. The molecule has 0 radical (unpaired) electrons. The fourth-order valence-corrected chi connectivity index (χ4v) is 9.89. The summed E-state index contributed by atoms with van der Waals surface area (Å²) in [6.07, 6.45) is -4.53. The number of carboxylic acid groups (broad SMARTS) is 2. The zero-order chi connectivity index (χ0) is 57.8. The van der Waals surface area contributed by atoms with Crippen LogP contribution in [-0.2, 0) is 38.1 Å². The monoisotopic (exact) mass is 1110 g/mol. The third kappa shape index (κ3) is 18.4. The summed E-state index contributed by atoms with van der Waals surface area (Å²) in [7, 11) is 1.26. The molecule has 3 aliphatic rings. The number of nitrogens with two attached hydrogens (primary N) is 1. The number of guanidine groups is 1. The first-order chi connectivity index (χ1) is 37.1. The highest BCUT2D eigenvalue weighted by Crippen LogP contribution is 2.36. The Labute approximate surface area is 453 Å². The van der Waals surface area contributed by atoms with Gasteiger partial charge >= 0.3 is 23.7 Å². The van der Waals surface area contributed by atoms with E-state index in [0.717, 1.165) is 55.4 Å². The number of aliphatic hydroxyl groups is 4. The number of carbonyl (C=O) groups excluding carboxylic acids is 3. The molecular weight excluding hydrogens is 1030 g/mol. The van der Waals surface area contributed by atoms with Crippen molar-refractivity contribution in [2.75, 3.05) is 39.8 Å². The molecule has 3 aliphatic heterocycles. The summed E-state index contributed by atoms with van der Waals surface area (Å²) in [5.74, 6) is -5.87. The molecule has 1 aromatic heterocycles. The number of carbonyl (C=O) groups is 5. The number of urea groups is 1. The van der Waals surface area contributed by atoms with Crippen molar-refractivity contribution < 1.29 is 73.6 Å². The van der Waals surface area contributed by atoms with Crippen LogP contribution in [0.5, 0.6) is 0 Å². The van der Waals surface area contributed by atoms with Gasteiger partial charge in [-0.2, -0.15) is 0 Å². The normalized spacial score (nSPS) is 25.6. The lowest BCUT2D eigenvalue weighted by Gasteiger charge is -2.39. The summed E-state index contributed by atoms with van der Waals surface area (Å²) in [4.78, 5) is 95.7. The fraction of sp³-hybridized carbons (Fsp3) is 0.800. The van der Waals surface area contributed by atoms with Crippen molar-refractivity contribution in [3.63, 3.8) is 0 Å². The highest BCUT2D eigenvalue weighted by atomic mass is 16.7. The van der Waals surface area contributed by atoms with Crippen molar-refractivity contribution in [2.45, 2.75) is 203 Å². The number of aliphatic hydroxyl groups excluding tert-OH is 4. The molecule has 3 saturated heterocycles. The van der Waals surface area contributed by atoms with Crippen LogP contribution in [0.2, 0.25) is 0 Å². The number of unbranched alkanes of at least 4 members (excludes halogenated alkanes) is 9. The quantitative estimate of drug-likeness (QED) is 0.0330. The van der Waals surface area contributed by atoms with Gasteiger partial charge in [0.2, 0.25) is 11.8 Å².